The van der Waals surface area contributed by atoms with Gasteiger partial charge in [0, 0.05) is 28.9 Å². The Kier molecular flexibility index (Phi) is 16.7. The molecule has 0 amide bonds. The molecule has 0 bridgehead atoms. The van der Waals surface area contributed by atoms with Crippen molar-refractivity contribution < 1.29 is 9.53 Å². The molecule has 4 heteroatoms. The molecule has 0 atom stereocenters. The molecule has 0 radical (unpaired) electrons. The number of esters is 1. The Morgan fingerprint density at radius 1 is 0.771 bits per heavy atom. The van der Waals surface area contributed by atoms with E-state index in [0.717, 1.165) is 31.4 Å². The second-order valence-corrected chi connectivity index (χ2v) is 12.4. The summed E-state index contributed by atoms with van der Waals surface area (Å²) < 4.78 is 5.44. The van der Waals surface area contributed by atoms with Gasteiger partial charge in [-0.05, 0) is 53.9 Å². The van der Waals surface area contributed by atoms with Crippen molar-refractivity contribution in [1.29, 1.82) is 0 Å². The van der Waals surface area contributed by atoms with Crippen LogP contribution < -0.4 is 10.6 Å². The molecular weight excluding hydrogens is 432 g/mol. The Morgan fingerprint density at radius 2 is 1.17 bits per heavy atom. The first-order chi connectivity index (χ1) is 16.6. The van der Waals surface area contributed by atoms with Crippen molar-refractivity contribution in [3.63, 3.8) is 0 Å². The Morgan fingerprint density at radius 3 is 1.60 bits per heavy atom. The average Bonchev–Trinajstić information content (AvgIpc) is 2.73. The first kappa shape index (κ1) is 32.0. The molecule has 0 aromatic carbocycles. The predicted molar refractivity (Wildman–Crippen MR) is 152 cm³/mol. The molecule has 1 heterocycles. The van der Waals surface area contributed by atoms with Gasteiger partial charge in [0.25, 0.3) is 0 Å². The van der Waals surface area contributed by atoms with E-state index in [0.29, 0.717) is 12.6 Å². The van der Waals surface area contributed by atoms with E-state index < -0.39 is 0 Å². The fourth-order valence-corrected chi connectivity index (χ4v) is 5.83. The van der Waals surface area contributed by atoms with Crippen LogP contribution in [-0.4, -0.2) is 29.7 Å². The lowest BCUT2D eigenvalue weighted by molar-refractivity contribution is -0.137. The van der Waals surface area contributed by atoms with E-state index in [1.807, 2.05) is 6.92 Å². The number of ether oxygens (including phenoxy) is 1. The smallest absolute Gasteiger partial charge is 0.332 e. The van der Waals surface area contributed by atoms with Crippen LogP contribution in [0.5, 0.6) is 0 Å². The molecule has 0 unspecified atom stereocenters. The van der Waals surface area contributed by atoms with Gasteiger partial charge < -0.3 is 15.4 Å². The Labute approximate surface area is 218 Å². The molecule has 206 valence electrons. The van der Waals surface area contributed by atoms with Gasteiger partial charge in [-0.2, -0.15) is 0 Å². The molecule has 1 aliphatic heterocycles. The van der Waals surface area contributed by atoms with Gasteiger partial charge in [0.2, 0.25) is 0 Å². The van der Waals surface area contributed by atoms with Crippen molar-refractivity contribution in [1.82, 2.24) is 10.6 Å². The molecule has 0 aliphatic carbocycles. The minimum Gasteiger partial charge on any atom is -0.462 e. The maximum absolute atomic E-state index is 12.2. The summed E-state index contributed by atoms with van der Waals surface area (Å²) in [5.74, 6) is -0.219. The van der Waals surface area contributed by atoms with E-state index >= 15 is 0 Å². The average molecular weight is 493 g/mol. The lowest BCUT2D eigenvalue weighted by atomic mass is 9.79. The molecule has 1 fully saturated rings. The number of nitrogens with one attached hydrogen (secondary N) is 2. The van der Waals surface area contributed by atoms with Gasteiger partial charge >= 0.3 is 5.97 Å². The minimum atomic E-state index is -0.219. The lowest BCUT2D eigenvalue weighted by Gasteiger charge is -2.47. The van der Waals surface area contributed by atoms with Gasteiger partial charge in [0.1, 0.15) is 0 Å². The molecule has 1 rings (SSSR count). The Hall–Kier alpha value is -1.03. The van der Waals surface area contributed by atoms with Crippen molar-refractivity contribution in [3.05, 3.63) is 11.8 Å². The molecular formula is C31H60N2O2. The fraction of sp³-hybridized carbons (Fsp3) is 0.903. The molecule has 0 aromatic rings. The van der Waals surface area contributed by atoms with Crippen LogP contribution in [0.3, 0.4) is 0 Å². The third-order valence-electron chi connectivity index (χ3n) is 7.20. The number of carbonyl (C=O) groups is 1. The van der Waals surface area contributed by atoms with Crippen molar-refractivity contribution in [2.24, 2.45) is 0 Å². The van der Waals surface area contributed by atoms with E-state index in [9.17, 15) is 4.79 Å². The molecule has 0 saturated carbocycles. The Bertz CT molecular complexity index is 567. The van der Waals surface area contributed by atoms with Gasteiger partial charge in [0.15, 0.2) is 0 Å². The van der Waals surface area contributed by atoms with Crippen LogP contribution >= 0.6 is 0 Å². The number of allylic oxidation sites excluding steroid dienone is 1. The molecule has 4 nitrogen and oxygen atoms in total. The standard InChI is InChI=1S/C31H60N2O2/c1-7-8-9-10-11-12-13-14-15-16-17-18-19-20-21-22-23-35-29(34)24-27(2)32-28-25-30(3,4)33-31(5,6)26-28/h24,28,32-33H,7-23,25-26H2,1-6H3. The number of carbonyl (C=O) groups excluding carboxylic acids is 1. The van der Waals surface area contributed by atoms with E-state index in [1.54, 1.807) is 6.08 Å². The van der Waals surface area contributed by atoms with Crippen LogP contribution in [0.4, 0.5) is 0 Å². The zero-order valence-corrected chi connectivity index (χ0v) is 24.4. The third-order valence-corrected chi connectivity index (χ3v) is 7.20. The summed E-state index contributed by atoms with van der Waals surface area (Å²) in [5, 5.41) is 7.24. The molecule has 0 aromatic heterocycles. The van der Waals surface area contributed by atoms with E-state index in [1.165, 1.54) is 89.9 Å². The topological polar surface area (TPSA) is 50.4 Å². The monoisotopic (exact) mass is 492 g/mol. The van der Waals surface area contributed by atoms with Crippen LogP contribution in [0.25, 0.3) is 0 Å². The van der Waals surface area contributed by atoms with Crippen LogP contribution in [0, 0.1) is 0 Å². The number of hydrogen-bond donors (Lipinski definition) is 2. The quantitative estimate of drug-likeness (QED) is 0.101. The summed E-state index contributed by atoms with van der Waals surface area (Å²) >= 11 is 0. The second kappa shape index (κ2) is 18.3. The SMILES string of the molecule is CCCCCCCCCCCCCCCCCCOC(=O)C=C(C)NC1CC(C)(C)NC(C)(C)C1. The highest BCUT2D eigenvalue weighted by molar-refractivity contribution is 5.82. The number of hydrogen-bond acceptors (Lipinski definition) is 4. The van der Waals surface area contributed by atoms with E-state index in [4.69, 9.17) is 4.74 Å². The predicted octanol–water partition coefficient (Wildman–Crippen LogP) is 8.59. The summed E-state index contributed by atoms with van der Waals surface area (Å²) in [5.41, 5.74) is 1.08. The molecule has 35 heavy (non-hydrogen) atoms. The highest BCUT2D eigenvalue weighted by atomic mass is 16.5. The van der Waals surface area contributed by atoms with Crippen molar-refractivity contribution in [3.8, 4) is 0 Å². The van der Waals surface area contributed by atoms with Gasteiger partial charge in [0.05, 0.1) is 6.61 Å². The van der Waals surface area contributed by atoms with E-state index in [2.05, 4.69) is 45.3 Å². The number of piperidine rings is 1. The summed E-state index contributed by atoms with van der Waals surface area (Å²) in [4.78, 5) is 12.2. The zero-order chi connectivity index (χ0) is 26.0. The van der Waals surface area contributed by atoms with Gasteiger partial charge in [-0.15, -0.1) is 0 Å². The first-order valence-electron chi connectivity index (χ1n) is 15.0. The van der Waals surface area contributed by atoms with Gasteiger partial charge in [-0.25, -0.2) is 4.79 Å². The van der Waals surface area contributed by atoms with Crippen molar-refractivity contribution >= 4 is 5.97 Å². The molecule has 2 N–H and O–H groups in total. The van der Waals surface area contributed by atoms with Gasteiger partial charge in [-0.3, -0.25) is 0 Å². The van der Waals surface area contributed by atoms with Crippen LogP contribution in [-0.2, 0) is 9.53 Å². The maximum Gasteiger partial charge on any atom is 0.332 e. The molecule has 1 aliphatic rings. The second-order valence-electron chi connectivity index (χ2n) is 12.4. The normalized spacial score (nSPS) is 17.9. The third kappa shape index (κ3) is 18.0. The summed E-state index contributed by atoms with van der Waals surface area (Å²) in [6, 6.07) is 0.366. The Balaban J connectivity index is 1.95. The van der Waals surface area contributed by atoms with Crippen LogP contribution in [0.15, 0.2) is 11.8 Å². The lowest BCUT2D eigenvalue weighted by Crippen LogP contribution is -2.61. The highest BCUT2D eigenvalue weighted by Gasteiger charge is 2.37. The number of rotatable bonds is 20. The first-order valence-corrected chi connectivity index (χ1v) is 15.0. The summed E-state index contributed by atoms with van der Waals surface area (Å²) in [6.07, 6.45) is 25.3. The summed E-state index contributed by atoms with van der Waals surface area (Å²) in [7, 11) is 0. The number of unbranched alkanes of at least 4 members (excludes halogenated alkanes) is 15. The maximum atomic E-state index is 12.2. The van der Waals surface area contributed by atoms with Gasteiger partial charge in [-0.1, -0.05) is 103 Å². The highest BCUT2D eigenvalue weighted by Crippen LogP contribution is 2.29. The minimum absolute atomic E-state index is 0.0907. The van der Waals surface area contributed by atoms with Crippen molar-refractivity contribution in [2.75, 3.05) is 6.61 Å². The summed E-state index contributed by atoms with van der Waals surface area (Å²) in [6.45, 7) is 13.8. The van der Waals surface area contributed by atoms with Crippen LogP contribution in [0.1, 0.15) is 157 Å². The molecule has 1 saturated heterocycles. The fourth-order valence-electron chi connectivity index (χ4n) is 5.83. The largest absolute Gasteiger partial charge is 0.462 e. The zero-order valence-electron chi connectivity index (χ0n) is 24.4. The molecule has 0 spiro atoms. The van der Waals surface area contributed by atoms with Crippen LogP contribution in [0.2, 0.25) is 0 Å². The van der Waals surface area contributed by atoms with Crippen molar-refractivity contribution in [2.45, 2.75) is 174 Å². The van der Waals surface area contributed by atoms with E-state index in [-0.39, 0.29) is 17.0 Å².